The average molecular weight is 329 g/mol. The fourth-order valence-electron chi connectivity index (χ4n) is 1.90. The number of aryl methyl sites for hydroxylation is 1. The molecule has 6 nitrogen and oxygen atoms in total. The third kappa shape index (κ3) is 4.64. The molecule has 118 valence electrons. The molecule has 0 aliphatic rings. The van der Waals surface area contributed by atoms with E-state index in [1.807, 2.05) is 6.07 Å². The largest absolute Gasteiger partial charge is 0.325 e. The Bertz CT molecular complexity index is 870. The zero-order chi connectivity index (χ0) is 16.9. The summed E-state index contributed by atoms with van der Waals surface area (Å²) < 4.78 is 26.5. The number of carbonyl (C=O) groups excluding carboxylic acids is 1. The van der Waals surface area contributed by atoms with Crippen molar-refractivity contribution in [2.75, 3.05) is 11.9 Å². The molecule has 0 fully saturated rings. The third-order valence-electron chi connectivity index (χ3n) is 3.00. The van der Waals surface area contributed by atoms with Crippen LogP contribution in [0.2, 0.25) is 0 Å². The lowest BCUT2D eigenvalue weighted by atomic mass is 10.2. The van der Waals surface area contributed by atoms with Crippen LogP contribution in [0.5, 0.6) is 0 Å². The van der Waals surface area contributed by atoms with Crippen molar-refractivity contribution < 1.29 is 13.2 Å². The van der Waals surface area contributed by atoms with Gasteiger partial charge in [-0.2, -0.15) is 5.26 Å². The van der Waals surface area contributed by atoms with Crippen LogP contribution in [0, 0.1) is 18.3 Å². The van der Waals surface area contributed by atoms with Gasteiger partial charge in [-0.05, 0) is 42.8 Å². The van der Waals surface area contributed by atoms with Gasteiger partial charge in [-0.1, -0.05) is 18.2 Å². The summed E-state index contributed by atoms with van der Waals surface area (Å²) in [6, 6.07) is 14.7. The summed E-state index contributed by atoms with van der Waals surface area (Å²) in [5.74, 6) is -0.517. The molecule has 1 amide bonds. The van der Waals surface area contributed by atoms with Crippen molar-refractivity contribution in [3.8, 4) is 6.07 Å². The second kappa shape index (κ2) is 7.05. The Morgan fingerprint density at radius 3 is 2.61 bits per heavy atom. The molecule has 2 aromatic carbocycles. The molecule has 0 bridgehead atoms. The van der Waals surface area contributed by atoms with Crippen LogP contribution in [0.15, 0.2) is 53.4 Å². The Morgan fingerprint density at radius 2 is 1.91 bits per heavy atom. The number of amides is 1. The highest BCUT2D eigenvalue weighted by Gasteiger charge is 2.15. The minimum Gasteiger partial charge on any atom is -0.325 e. The highest BCUT2D eigenvalue weighted by molar-refractivity contribution is 7.89. The number of rotatable bonds is 5. The molecule has 23 heavy (non-hydrogen) atoms. The van der Waals surface area contributed by atoms with E-state index < -0.39 is 22.5 Å². The first kappa shape index (κ1) is 16.7. The quantitative estimate of drug-likeness (QED) is 0.873. The molecule has 0 unspecified atom stereocenters. The van der Waals surface area contributed by atoms with Crippen molar-refractivity contribution in [2.45, 2.75) is 11.8 Å². The predicted octanol–water partition coefficient (Wildman–Crippen LogP) is 1.78. The fraction of sp³-hybridized carbons (Fsp3) is 0.125. The van der Waals surface area contributed by atoms with Gasteiger partial charge in [-0.3, -0.25) is 4.79 Å². The molecule has 0 spiro atoms. The number of hydrogen-bond donors (Lipinski definition) is 2. The predicted molar refractivity (Wildman–Crippen MR) is 86.2 cm³/mol. The first-order valence-electron chi connectivity index (χ1n) is 6.77. The topological polar surface area (TPSA) is 99.1 Å². The van der Waals surface area contributed by atoms with Crippen LogP contribution in [0.25, 0.3) is 0 Å². The Hall–Kier alpha value is -2.69. The van der Waals surface area contributed by atoms with Gasteiger partial charge in [0.05, 0.1) is 23.1 Å². The molecule has 0 heterocycles. The number of benzene rings is 2. The van der Waals surface area contributed by atoms with Crippen molar-refractivity contribution in [2.24, 2.45) is 0 Å². The minimum atomic E-state index is -3.75. The third-order valence-corrected chi connectivity index (χ3v) is 4.40. The second-order valence-electron chi connectivity index (χ2n) is 4.88. The Kier molecular flexibility index (Phi) is 5.11. The molecular formula is C16H15N3O3S. The number of nitriles is 1. The highest BCUT2D eigenvalue weighted by atomic mass is 32.2. The lowest BCUT2D eigenvalue weighted by Crippen LogP contribution is -2.32. The standard InChI is InChI=1S/C16H15N3O3S/c1-12-4-2-7-15(8-12)23(21,22)18-11-16(20)19-14-6-3-5-13(9-14)10-17/h2-9,18H,11H2,1H3,(H,19,20). The van der Waals surface area contributed by atoms with Crippen molar-refractivity contribution in [3.63, 3.8) is 0 Å². The van der Waals surface area contributed by atoms with Gasteiger partial charge >= 0.3 is 0 Å². The van der Waals surface area contributed by atoms with Crippen LogP contribution in [-0.2, 0) is 14.8 Å². The maximum Gasteiger partial charge on any atom is 0.241 e. The lowest BCUT2D eigenvalue weighted by Gasteiger charge is -2.08. The Balaban J connectivity index is 2.00. The van der Waals surface area contributed by atoms with Crippen LogP contribution in [0.4, 0.5) is 5.69 Å². The maximum atomic E-state index is 12.1. The fourth-order valence-corrected chi connectivity index (χ4v) is 2.98. The zero-order valence-electron chi connectivity index (χ0n) is 12.4. The van der Waals surface area contributed by atoms with Gasteiger partial charge in [0.25, 0.3) is 0 Å². The minimum absolute atomic E-state index is 0.108. The number of sulfonamides is 1. The molecule has 0 saturated carbocycles. The summed E-state index contributed by atoms with van der Waals surface area (Å²) in [7, 11) is -3.75. The van der Waals surface area contributed by atoms with E-state index in [0.29, 0.717) is 11.3 Å². The van der Waals surface area contributed by atoms with Crippen molar-refractivity contribution in [1.29, 1.82) is 5.26 Å². The number of hydrogen-bond acceptors (Lipinski definition) is 4. The van der Waals surface area contributed by atoms with Gasteiger partial charge in [0.2, 0.25) is 15.9 Å². The SMILES string of the molecule is Cc1cccc(S(=O)(=O)NCC(=O)Nc2cccc(C#N)c2)c1. The first-order chi connectivity index (χ1) is 10.9. The smallest absolute Gasteiger partial charge is 0.241 e. The summed E-state index contributed by atoms with van der Waals surface area (Å²) in [6.07, 6.45) is 0. The van der Waals surface area contributed by atoms with Crippen molar-refractivity contribution in [1.82, 2.24) is 4.72 Å². The summed E-state index contributed by atoms with van der Waals surface area (Å²) in [5.41, 5.74) is 1.65. The molecule has 2 rings (SSSR count). The van der Waals surface area contributed by atoms with Gasteiger partial charge in [0.1, 0.15) is 0 Å². The van der Waals surface area contributed by atoms with E-state index in [-0.39, 0.29) is 4.90 Å². The maximum absolute atomic E-state index is 12.1. The lowest BCUT2D eigenvalue weighted by molar-refractivity contribution is -0.115. The van der Waals surface area contributed by atoms with E-state index in [1.165, 1.54) is 18.2 Å². The van der Waals surface area contributed by atoms with E-state index >= 15 is 0 Å². The summed E-state index contributed by atoms with van der Waals surface area (Å²) in [5, 5.41) is 11.3. The zero-order valence-corrected chi connectivity index (χ0v) is 13.2. The normalized spacial score (nSPS) is 10.8. The molecule has 2 N–H and O–H groups in total. The summed E-state index contributed by atoms with van der Waals surface area (Å²) in [6.45, 7) is 1.39. The number of carbonyl (C=O) groups is 1. The summed E-state index contributed by atoms with van der Waals surface area (Å²) in [4.78, 5) is 11.9. The second-order valence-corrected chi connectivity index (χ2v) is 6.65. The van der Waals surface area contributed by atoms with Crippen LogP contribution in [0.1, 0.15) is 11.1 Å². The average Bonchev–Trinajstić information content (AvgIpc) is 2.53. The molecule has 2 aromatic rings. The number of nitrogens with one attached hydrogen (secondary N) is 2. The van der Waals surface area contributed by atoms with E-state index in [1.54, 1.807) is 37.3 Å². The number of anilines is 1. The Labute approximate surface area is 134 Å². The van der Waals surface area contributed by atoms with E-state index in [4.69, 9.17) is 5.26 Å². The molecule has 0 aromatic heterocycles. The number of nitrogens with zero attached hydrogens (tertiary/aromatic N) is 1. The van der Waals surface area contributed by atoms with Crippen LogP contribution < -0.4 is 10.0 Å². The van der Waals surface area contributed by atoms with Crippen LogP contribution >= 0.6 is 0 Å². The van der Waals surface area contributed by atoms with Gasteiger partial charge in [0, 0.05) is 5.69 Å². The molecule has 0 aliphatic carbocycles. The monoisotopic (exact) mass is 329 g/mol. The van der Waals surface area contributed by atoms with E-state index in [2.05, 4.69) is 10.0 Å². The van der Waals surface area contributed by atoms with Crippen molar-refractivity contribution >= 4 is 21.6 Å². The van der Waals surface area contributed by atoms with Crippen molar-refractivity contribution in [3.05, 3.63) is 59.7 Å². The van der Waals surface area contributed by atoms with Gasteiger partial charge < -0.3 is 5.32 Å². The van der Waals surface area contributed by atoms with Crippen LogP contribution in [-0.4, -0.2) is 20.9 Å². The molecule has 0 aliphatic heterocycles. The van der Waals surface area contributed by atoms with Gasteiger partial charge in [-0.15, -0.1) is 0 Å². The van der Waals surface area contributed by atoms with E-state index in [0.717, 1.165) is 5.56 Å². The summed E-state index contributed by atoms with van der Waals surface area (Å²) >= 11 is 0. The molecule has 0 atom stereocenters. The molecule has 0 radical (unpaired) electrons. The van der Waals surface area contributed by atoms with Gasteiger partial charge in [-0.25, -0.2) is 13.1 Å². The van der Waals surface area contributed by atoms with E-state index in [9.17, 15) is 13.2 Å². The van der Waals surface area contributed by atoms with Gasteiger partial charge in [0.15, 0.2) is 0 Å². The highest BCUT2D eigenvalue weighted by Crippen LogP contribution is 2.11. The molecule has 7 heteroatoms. The Morgan fingerprint density at radius 1 is 1.17 bits per heavy atom. The molecular weight excluding hydrogens is 314 g/mol. The first-order valence-corrected chi connectivity index (χ1v) is 8.25. The molecule has 0 saturated heterocycles. The van der Waals surface area contributed by atoms with Crippen LogP contribution in [0.3, 0.4) is 0 Å².